The standard InChI is InChI=1S/C26H28N4O3/c1-16-23(11-12-24(31)28-19-13-21(32-4)15-22(14-19)33-5)17(2)27-26-25(16)18(3)29-30(26)20-9-7-6-8-10-20/h6-10,13-15H,11-12H2,1-5H3,(H,28,31). The molecule has 33 heavy (non-hydrogen) atoms. The highest BCUT2D eigenvalue weighted by Crippen LogP contribution is 2.29. The van der Waals surface area contributed by atoms with Crippen LogP contribution in [0.3, 0.4) is 0 Å². The van der Waals surface area contributed by atoms with Crippen molar-refractivity contribution in [2.24, 2.45) is 0 Å². The molecule has 7 nitrogen and oxygen atoms in total. The van der Waals surface area contributed by atoms with Crippen molar-refractivity contribution in [3.8, 4) is 17.2 Å². The highest BCUT2D eigenvalue weighted by atomic mass is 16.5. The summed E-state index contributed by atoms with van der Waals surface area (Å²) in [6.07, 6.45) is 0.920. The van der Waals surface area contributed by atoms with E-state index in [9.17, 15) is 4.79 Å². The van der Waals surface area contributed by atoms with Crippen molar-refractivity contribution in [3.05, 3.63) is 71.0 Å². The van der Waals surface area contributed by atoms with Crippen molar-refractivity contribution in [2.45, 2.75) is 33.6 Å². The van der Waals surface area contributed by atoms with Crippen LogP contribution >= 0.6 is 0 Å². The van der Waals surface area contributed by atoms with Gasteiger partial charge in [-0.05, 0) is 50.5 Å². The van der Waals surface area contributed by atoms with Gasteiger partial charge >= 0.3 is 0 Å². The molecule has 4 aromatic rings. The second kappa shape index (κ2) is 9.32. The molecule has 170 valence electrons. The summed E-state index contributed by atoms with van der Waals surface area (Å²) in [6.45, 7) is 6.07. The summed E-state index contributed by atoms with van der Waals surface area (Å²) in [6, 6.07) is 15.3. The molecule has 1 N–H and O–H groups in total. The van der Waals surface area contributed by atoms with Crippen LogP contribution in [0.25, 0.3) is 16.7 Å². The van der Waals surface area contributed by atoms with Crippen molar-refractivity contribution in [3.63, 3.8) is 0 Å². The highest BCUT2D eigenvalue weighted by Gasteiger charge is 2.18. The fraction of sp³-hybridized carbons (Fsp3) is 0.269. The number of carbonyl (C=O) groups is 1. The number of amides is 1. The SMILES string of the molecule is COc1cc(NC(=O)CCc2c(C)nc3c(c(C)nn3-c3ccccc3)c2C)cc(OC)c1. The number of fused-ring (bicyclic) bond motifs is 1. The summed E-state index contributed by atoms with van der Waals surface area (Å²) < 4.78 is 12.4. The number of hydrogen-bond donors (Lipinski definition) is 1. The zero-order valence-electron chi connectivity index (χ0n) is 19.6. The van der Waals surface area contributed by atoms with Gasteiger partial charge in [0.15, 0.2) is 5.65 Å². The van der Waals surface area contributed by atoms with E-state index in [1.165, 1.54) is 0 Å². The van der Waals surface area contributed by atoms with Crippen LogP contribution < -0.4 is 14.8 Å². The average Bonchev–Trinajstić information content (AvgIpc) is 3.15. The molecule has 2 heterocycles. The number of pyridine rings is 1. The van der Waals surface area contributed by atoms with Crippen LogP contribution in [0, 0.1) is 20.8 Å². The lowest BCUT2D eigenvalue weighted by atomic mass is 9.99. The van der Waals surface area contributed by atoms with Gasteiger partial charge in [-0.25, -0.2) is 9.67 Å². The Kier molecular flexibility index (Phi) is 6.31. The molecule has 0 saturated heterocycles. The number of aryl methyl sites for hydroxylation is 3. The Morgan fingerprint density at radius 2 is 1.64 bits per heavy atom. The number of aromatic nitrogens is 3. The lowest BCUT2D eigenvalue weighted by Crippen LogP contribution is -2.13. The first-order valence-corrected chi connectivity index (χ1v) is 10.8. The molecule has 0 aliphatic carbocycles. The molecule has 2 aromatic carbocycles. The smallest absolute Gasteiger partial charge is 0.224 e. The van der Waals surface area contributed by atoms with Gasteiger partial charge in [-0.15, -0.1) is 0 Å². The predicted molar refractivity (Wildman–Crippen MR) is 130 cm³/mol. The maximum atomic E-state index is 12.7. The van der Waals surface area contributed by atoms with Gasteiger partial charge in [0.2, 0.25) is 5.91 Å². The van der Waals surface area contributed by atoms with Gasteiger partial charge in [-0.2, -0.15) is 5.10 Å². The highest BCUT2D eigenvalue weighted by molar-refractivity contribution is 5.91. The van der Waals surface area contributed by atoms with E-state index in [-0.39, 0.29) is 5.91 Å². The monoisotopic (exact) mass is 444 g/mol. The predicted octanol–water partition coefficient (Wildman–Crippen LogP) is 4.93. The molecule has 0 saturated carbocycles. The summed E-state index contributed by atoms with van der Waals surface area (Å²) in [5.74, 6) is 1.16. The molecule has 0 aliphatic heterocycles. The number of methoxy groups -OCH3 is 2. The third-order valence-electron chi connectivity index (χ3n) is 5.81. The first-order valence-electron chi connectivity index (χ1n) is 10.8. The Hall–Kier alpha value is -3.87. The van der Waals surface area contributed by atoms with Gasteiger partial charge in [-0.3, -0.25) is 4.79 Å². The van der Waals surface area contributed by atoms with E-state index in [0.717, 1.165) is 39.2 Å². The van der Waals surface area contributed by atoms with Gasteiger partial charge in [0.25, 0.3) is 0 Å². The molecule has 0 aliphatic rings. The molecular weight excluding hydrogens is 416 g/mol. The van der Waals surface area contributed by atoms with E-state index >= 15 is 0 Å². The average molecular weight is 445 g/mol. The maximum absolute atomic E-state index is 12.7. The van der Waals surface area contributed by atoms with Crippen molar-refractivity contribution in [1.82, 2.24) is 14.8 Å². The number of hydrogen-bond acceptors (Lipinski definition) is 5. The summed E-state index contributed by atoms with van der Waals surface area (Å²) in [5, 5.41) is 8.72. The maximum Gasteiger partial charge on any atom is 0.224 e. The lowest BCUT2D eigenvalue weighted by molar-refractivity contribution is -0.116. The number of benzene rings is 2. The zero-order valence-corrected chi connectivity index (χ0v) is 19.6. The lowest BCUT2D eigenvalue weighted by Gasteiger charge is -2.13. The molecule has 7 heteroatoms. The summed E-state index contributed by atoms with van der Waals surface area (Å²) in [7, 11) is 3.16. The summed E-state index contributed by atoms with van der Waals surface area (Å²) in [4.78, 5) is 17.6. The summed E-state index contributed by atoms with van der Waals surface area (Å²) >= 11 is 0. The van der Waals surface area contributed by atoms with Crippen molar-refractivity contribution in [2.75, 3.05) is 19.5 Å². The minimum absolute atomic E-state index is 0.0825. The van der Waals surface area contributed by atoms with Crippen molar-refractivity contribution >= 4 is 22.6 Å². The van der Waals surface area contributed by atoms with Crippen LogP contribution in [0.15, 0.2) is 48.5 Å². The Morgan fingerprint density at radius 3 is 2.27 bits per heavy atom. The second-order valence-corrected chi connectivity index (χ2v) is 7.98. The Labute approximate surface area is 193 Å². The molecule has 0 unspecified atom stereocenters. The number of ether oxygens (including phenoxy) is 2. The quantitative estimate of drug-likeness (QED) is 0.437. The van der Waals surface area contributed by atoms with E-state index in [2.05, 4.69) is 12.2 Å². The summed E-state index contributed by atoms with van der Waals surface area (Å²) in [5.41, 5.74) is 6.48. The topological polar surface area (TPSA) is 78.3 Å². The van der Waals surface area contributed by atoms with E-state index < -0.39 is 0 Å². The number of nitrogens with zero attached hydrogens (tertiary/aromatic N) is 3. The molecule has 0 fully saturated rings. The second-order valence-electron chi connectivity index (χ2n) is 7.98. The molecule has 2 aromatic heterocycles. The molecular formula is C26H28N4O3. The van der Waals surface area contributed by atoms with Crippen LogP contribution in [-0.2, 0) is 11.2 Å². The van der Waals surface area contributed by atoms with Crippen LogP contribution in [-0.4, -0.2) is 34.9 Å². The number of anilines is 1. The van der Waals surface area contributed by atoms with E-state index in [0.29, 0.717) is 30.0 Å². The normalized spacial score (nSPS) is 10.9. The third-order valence-corrected chi connectivity index (χ3v) is 5.81. The Bertz CT molecular complexity index is 1290. The zero-order chi connectivity index (χ0) is 23.5. The minimum atomic E-state index is -0.0825. The Morgan fingerprint density at radius 1 is 0.970 bits per heavy atom. The molecule has 4 rings (SSSR count). The van der Waals surface area contributed by atoms with E-state index in [1.54, 1.807) is 32.4 Å². The van der Waals surface area contributed by atoms with Gasteiger partial charge in [0.05, 0.1) is 25.6 Å². The van der Waals surface area contributed by atoms with Crippen molar-refractivity contribution in [1.29, 1.82) is 0 Å². The molecule has 0 radical (unpaired) electrons. The van der Waals surface area contributed by atoms with Crippen molar-refractivity contribution < 1.29 is 14.3 Å². The van der Waals surface area contributed by atoms with E-state index in [4.69, 9.17) is 19.6 Å². The van der Waals surface area contributed by atoms with E-state index in [1.807, 2.05) is 48.9 Å². The van der Waals surface area contributed by atoms with Crippen LogP contribution in [0.4, 0.5) is 5.69 Å². The van der Waals surface area contributed by atoms with Gasteiger partial charge in [-0.1, -0.05) is 18.2 Å². The van der Waals surface area contributed by atoms with Gasteiger partial charge < -0.3 is 14.8 Å². The largest absolute Gasteiger partial charge is 0.497 e. The fourth-order valence-corrected chi connectivity index (χ4v) is 4.17. The van der Waals surface area contributed by atoms with Crippen LogP contribution in [0.5, 0.6) is 11.5 Å². The number of rotatable bonds is 7. The van der Waals surface area contributed by atoms with Crippen LogP contribution in [0.2, 0.25) is 0 Å². The number of carbonyl (C=O) groups excluding carboxylic acids is 1. The first kappa shape index (κ1) is 22.3. The number of para-hydroxylation sites is 1. The molecule has 0 bridgehead atoms. The molecule has 1 amide bonds. The molecule has 0 atom stereocenters. The van der Waals surface area contributed by atoms with Gasteiger partial charge in [0, 0.05) is 41.4 Å². The minimum Gasteiger partial charge on any atom is -0.497 e. The Balaban J connectivity index is 1.57. The fourth-order valence-electron chi connectivity index (χ4n) is 4.17. The first-order chi connectivity index (χ1) is 15.9. The third kappa shape index (κ3) is 4.53. The number of nitrogens with one attached hydrogen (secondary N) is 1. The van der Waals surface area contributed by atoms with Gasteiger partial charge in [0.1, 0.15) is 11.5 Å². The van der Waals surface area contributed by atoms with Crippen LogP contribution in [0.1, 0.15) is 28.9 Å². The molecule has 0 spiro atoms.